The Labute approximate surface area is 51.1 Å². The molecular weight excluding hydrogens is 162 g/mol. The summed E-state index contributed by atoms with van der Waals surface area (Å²) < 4.78 is 69.1. The molecular formula is C4F6. The Balaban J connectivity index is 3.10. The second kappa shape index (κ2) is 1.49. The van der Waals surface area contributed by atoms with Gasteiger partial charge in [0.1, 0.15) is 0 Å². The highest BCUT2D eigenvalue weighted by atomic mass is 19.3. The van der Waals surface area contributed by atoms with E-state index in [1.165, 1.54) is 0 Å². The van der Waals surface area contributed by atoms with Crippen LogP contribution in [0, 0.1) is 0 Å². The van der Waals surface area contributed by atoms with Crippen LogP contribution in [0.1, 0.15) is 0 Å². The van der Waals surface area contributed by atoms with E-state index in [0.29, 0.717) is 0 Å². The summed E-state index contributed by atoms with van der Waals surface area (Å²) >= 11 is 0. The number of hydrogen-bond donors (Lipinski definition) is 0. The molecule has 0 unspecified atom stereocenters. The first-order valence-corrected chi connectivity index (χ1v) is 2.13. The van der Waals surface area contributed by atoms with Gasteiger partial charge in [-0.1, -0.05) is 0 Å². The van der Waals surface area contributed by atoms with Gasteiger partial charge in [0.15, 0.2) is 0 Å². The van der Waals surface area contributed by atoms with Crippen molar-refractivity contribution in [2.45, 2.75) is 11.8 Å². The maximum atomic E-state index is 11.5. The Hall–Kier alpha value is -0.680. The molecule has 0 spiro atoms. The number of hydrogen-bond acceptors (Lipinski definition) is 0. The zero-order valence-corrected chi connectivity index (χ0v) is 4.27. The van der Waals surface area contributed by atoms with Crippen LogP contribution in [0.3, 0.4) is 0 Å². The van der Waals surface area contributed by atoms with Crippen LogP contribution in [0.4, 0.5) is 26.3 Å². The van der Waals surface area contributed by atoms with Crippen molar-refractivity contribution in [3.05, 3.63) is 11.7 Å². The van der Waals surface area contributed by atoms with Crippen LogP contribution in [0.5, 0.6) is 0 Å². The van der Waals surface area contributed by atoms with Gasteiger partial charge < -0.3 is 0 Å². The molecule has 58 valence electrons. The lowest BCUT2D eigenvalue weighted by Gasteiger charge is -2.31. The van der Waals surface area contributed by atoms with Crippen LogP contribution in [-0.2, 0) is 0 Å². The second-order valence-corrected chi connectivity index (χ2v) is 1.78. The minimum absolute atomic E-state index is 2.67. The lowest BCUT2D eigenvalue weighted by Crippen LogP contribution is -2.51. The van der Waals surface area contributed by atoms with Gasteiger partial charge >= 0.3 is 11.8 Å². The summed E-state index contributed by atoms with van der Waals surface area (Å²) in [4.78, 5) is 0. The lowest BCUT2D eigenvalue weighted by atomic mass is 9.97. The smallest absolute Gasteiger partial charge is 0.202 e. The highest BCUT2D eigenvalue weighted by Crippen LogP contribution is 2.56. The van der Waals surface area contributed by atoms with Crippen molar-refractivity contribution in [2.24, 2.45) is 0 Å². The molecule has 0 radical (unpaired) electrons. The van der Waals surface area contributed by atoms with E-state index in [0.717, 1.165) is 0 Å². The molecule has 0 saturated heterocycles. The fourth-order valence-corrected chi connectivity index (χ4v) is 0.489. The molecule has 1 rings (SSSR count). The zero-order valence-electron chi connectivity index (χ0n) is 4.27. The molecule has 1 aliphatic rings. The van der Waals surface area contributed by atoms with Crippen molar-refractivity contribution in [3.8, 4) is 0 Å². The Bertz CT molecular complexity index is 180. The standard InChI is InChI=1S/C4F6/c5-1-2(6)4(9,10)3(1,7)8. The topological polar surface area (TPSA) is 0 Å². The highest BCUT2D eigenvalue weighted by Gasteiger charge is 2.74. The normalized spacial score (nSPS) is 28.2. The number of halogens is 6. The van der Waals surface area contributed by atoms with Crippen LogP contribution >= 0.6 is 0 Å². The average molecular weight is 162 g/mol. The minimum Gasteiger partial charge on any atom is -0.202 e. The van der Waals surface area contributed by atoms with E-state index < -0.39 is 23.5 Å². The molecule has 0 aromatic rings. The average Bonchev–Trinajstić information content (AvgIpc) is 1.84. The fourth-order valence-electron chi connectivity index (χ4n) is 0.489. The molecule has 0 amide bonds. The molecule has 0 saturated carbocycles. The SMILES string of the molecule is FC1=C(F)C(F)(F)C1(F)F. The Kier molecular flexibility index (Phi) is 1.10. The first-order chi connectivity index (χ1) is 4.32. The van der Waals surface area contributed by atoms with Gasteiger partial charge in [-0.15, -0.1) is 0 Å². The summed E-state index contributed by atoms with van der Waals surface area (Å²) in [5, 5.41) is 0. The fraction of sp³-hybridized carbons (Fsp3) is 0.500. The Morgan fingerprint density at radius 1 is 0.700 bits per heavy atom. The number of allylic oxidation sites excluding steroid dienone is 2. The van der Waals surface area contributed by atoms with E-state index in [-0.39, 0.29) is 0 Å². The first-order valence-electron chi connectivity index (χ1n) is 2.13. The predicted octanol–water partition coefficient (Wildman–Crippen LogP) is 2.42. The van der Waals surface area contributed by atoms with Crippen molar-refractivity contribution in [2.75, 3.05) is 0 Å². The molecule has 0 aromatic heterocycles. The molecule has 10 heavy (non-hydrogen) atoms. The summed E-state index contributed by atoms with van der Waals surface area (Å²) in [6.07, 6.45) is 0. The van der Waals surface area contributed by atoms with Gasteiger partial charge in [-0.05, 0) is 0 Å². The van der Waals surface area contributed by atoms with E-state index in [4.69, 9.17) is 0 Å². The molecule has 0 fully saturated rings. The summed E-state index contributed by atoms with van der Waals surface area (Å²) in [5.74, 6) is -15.2. The van der Waals surface area contributed by atoms with Crippen LogP contribution in [0.25, 0.3) is 0 Å². The van der Waals surface area contributed by atoms with E-state index in [2.05, 4.69) is 0 Å². The molecule has 1 aliphatic carbocycles. The lowest BCUT2D eigenvalue weighted by molar-refractivity contribution is -0.217. The zero-order chi connectivity index (χ0) is 8.15. The second-order valence-electron chi connectivity index (χ2n) is 1.78. The third-order valence-electron chi connectivity index (χ3n) is 1.14. The number of rotatable bonds is 0. The van der Waals surface area contributed by atoms with E-state index in [1.54, 1.807) is 0 Å². The van der Waals surface area contributed by atoms with Crippen molar-refractivity contribution < 1.29 is 26.3 Å². The minimum atomic E-state index is -4.95. The molecule has 0 aromatic carbocycles. The summed E-state index contributed by atoms with van der Waals surface area (Å²) in [6.45, 7) is 0. The molecule has 0 atom stereocenters. The van der Waals surface area contributed by atoms with Gasteiger partial charge in [0, 0.05) is 0 Å². The maximum absolute atomic E-state index is 11.5. The van der Waals surface area contributed by atoms with Crippen LogP contribution < -0.4 is 0 Å². The van der Waals surface area contributed by atoms with E-state index >= 15 is 0 Å². The molecule has 0 N–H and O–H groups in total. The van der Waals surface area contributed by atoms with Gasteiger partial charge in [-0.2, -0.15) is 17.6 Å². The number of alkyl halides is 4. The van der Waals surface area contributed by atoms with E-state index in [1.807, 2.05) is 0 Å². The maximum Gasteiger partial charge on any atom is 0.370 e. The van der Waals surface area contributed by atoms with Crippen molar-refractivity contribution >= 4 is 0 Å². The van der Waals surface area contributed by atoms with Crippen LogP contribution in [0.2, 0.25) is 0 Å². The van der Waals surface area contributed by atoms with Crippen molar-refractivity contribution in [1.29, 1.82) is 0 Å². The summed E-state index contributed by atoms with van der Waals surface area (Å²) in [5.41, 5.74) is 0. The van der Waals surface area contributed by atoms with Crippen molar-refractivity contribution in [1.82, 2.24) is 0 Å². The largest absolute Gasteiger partial charge is 0.370 e. The first kappa shape index (κ1) is 7.43. The molecule has 0 heterocycles. The molecule has 0 bridgehead atoms. The highest BCUT2D eigenvalue weighted by molar-refractivity contribution is 5.34. The predicted molar refractivity (Wildman–Crippen MR) is 19.1 cm³/mol. The van der Waals surface area contributed by atoms with Gasteiger partial charge in [-0.25, -0.2) is 8.78 Å². The third kappa shape index (κ3) is 0.494. The monoisotopic (exact) mass is 162 g/mol. The van der Waals surface area contributed by atoms with Crippen LogP contribution in [0.15, 0.2) is 11.7 Å². The van der Waals surface area contributed by atoms with Crippen LogP contribution in [-0.4, -0.2) is 11.8 Å². The Morgan fingerprint density at radius 2 is 0.900 bits per heavy atom. The Morgan fingerprint density at radius 3 is 1.00 bits per heavy atom. The van der Waals surface area contributed by atoms with Gasteiger partial charge in [-0.3, -0.25) is 0 Å². The quantitative estimate of drug-likeness (QED) is 0.480. The van der Waals surface area contributed by atoms with Crippen molar-refractivity contribution in [3.63, 3.8) is 0 Å². The summed E-state index contributed by atoms with van der Waals surface area (Å²) in [7, 11) is 0. The van der Waals surface area contributed by atoms with Gasteiger partial charge in [0.2, 0.25) is 11.7 Å². The van der Waals surface area contributed by atoms with E-state index in [9.17, 15) is 26.3 Å². The summed E-state index contributed by atoms with van der Waals surface area (Å²) in [6, 6.07) is 0. The van der Waals surface area contributed by atoms with Gasteiger partial charge in [0.05, 0.1) is 0 Å². The third-order valence-corrected chi connectivity index (χ3v) is 1.14. The molecule has 0 nitrogen and oxygen atoms in total. The molecule has 0 aliphatic heterocycles. The van der Waals surface area contributed by atoms with Gasteiger partial charge in [0.25, 0.3) is 0 Å². The molecule has 6 heteroatoms.